The molecule has 0 saturated heterocycles. The summed E-state index contributed by atoms with van der Waals surface area (Å²) < 4.78 is 37.3. The van der Waals surface area contributed by atoms with Gasteiger partial charge in [0.15, 0.2) is 9.84 Å². The van der Waals surface area contributed by atoms with Crippen molar-refractivity contribution in [3.05, 3.63) is 54.1 Å². The highest BCUT2D eigenvalue weighted by Crippen LogP contribution is 2.20. The summed E-state index contributed by atoms with van der Waals surface area (Å²) in [6.45, 7) is 0. The first-order valence-corrected chi connectivity index (χ1v) is 6.80. The fourth-order valence-electron chi connectivity index (χ4n) is 1.55. The molecule has 0 radical (unpaired) electrons. The predicted octanol–water partition coefficient (Wildman–Crippen LogP) is 1.78. The van der Waals surface area contributed by atoms with Gasteiger partial charge in [0.2, 0.25) is 0 Å². The van der Waals surface area contributed by atoms with Crippen LogP contribution in [-0.2, 0) is 15.6 Å². The van der Waals surface area contributed by atoms with Gasteiger partial charge in [-0.3, -0.25) is 4.98 Å². The Kier molecular flexibility index (Phi) is 3.29. The molecule has 4 nitrogen and oxygen atoms in total. The zero-order chi connectivity index (χ0) is 13.2. The number of nitrogen functional groups attached to an aromatic ring is 1. The van der Waals surface area contributed by atoms with Gasteiger partial charge >= 0.3 is 0 Å². The number of nitrogens with two attached hydrogens (primary N) is 1. The molecular formula is C12H11FN2O2S. The number of sulfone groups is 1. The third kappa shape index (κ3) is 2.84. The maximum atomic E-state index is 13.1. The number of hydrogen-bond acceptors (Lipinski definition) is 4. The molecule has 6 heteroatoms. The number of hydrogen-bond donors (Lipinski definition) is 1. The molecular weight excluding hydrogens is 255 g/mol. The Morgan fingerprint density at radius 2 is 2.06 bits per heavy atom. The number of halogens is 1. The number of pyridine rings is 1. The SMILES string of the molecule is Nc1cc(F)cc(S(=O)(=O)Cc2cccnc2)c1. The third-order valence-corrected chi connectivity index (χ3v) is 4.00. The summed E-state index contributed by atoms with van der Waals surface area (Å²) in [7, 11) is -3.62. The molecule has 0 aliphatic carbocycles. The summed E-state index contributed by atoms with van der Waals surface area (Å²) in [5, 5.41) is 0. The van der Waals surface area contributed by atoms with Gasteiger partial charge in [-0.05, 0) is 29.8 Å². The van der Waals surface area contributed by atoms with Gasteiger partial charge in [-0.15, -0.1) is 0 Å². The minimum Gasteiger partial charge on any atom is -0.399 e. The number of benzene rings is 1. The molecule has 0 fully saturated rings. The second-order valence-electron chi connectivity index (χ2n) is 3.84. The van der Waals surface area contributed by atoms with Crippen LogP contribution in [0.3, 0.4) is 0 Å². The molecule has 0 aliphatic rings. The van der Waals surface area contributed by atoms with Crippen LogP contribution in [0.1, 0.15) is 5.56 Å². The molecule has 18 heavy (non-hydrogen) atoms. The fraction of sp³-hybridized carbons (Fsp3) is 0.0833. The molecule has 1 aromatic heterocycles. The highest BCUT2D eigenvalue weighted by Gasteiger charge is 2.17. The first-order valence-electron chi connectivity index (χ1n) is 5.15. The van der Waals surface area contributed by atoms with Crippen LogP contribution in [0.25, 0.3) is 0 Å². The lowest BCUT2D eigenvalue weighted by Gasteiger charge is -2.05. The van der Waals surface area contributed by atoms with Crippen LogP contribution in [0.5, 0.6) is 0 Å². The smallest absolute Gasteiger partial charge is 0.182 e. The van der Waals surface area contributed by atoms with E-state index in [2.05, 4.69) is 4.98 Å². The van der Waals surface area contributed by atoms with E-state index in [1.165, 1.54) is 12.3 Å². The van der Waals surface area contributed by atoms with Gasteiger partial charge in [-0.1, -0.05) is 6.07 Å². The van der Waals surface area contributed by atoms with Gasteiger partial charge in [-0.2, -0.15) is 0 Å². The number of rotatable bonds is 3. The Morgan fingerprint density at radius 1 is 1.28 bits per heavy atom. The number of aromatic nitrogens is 1. The number of anilines is 1. The highest BCUT2D eigenvalue weighted by molar-refractivity contribution is 7.90. The predicted molar refractivity (Wildman–Crippen MR) is 65.9 cm³/mol. The van der Waals surface area contributed by atoms with Crippen molar-refractivity contribution in [2.45, 2.75) is 10.6 Å². The van der Waals surface area contributed by atoms with Gasteiger partial charge in [0.05, 0.1) is 10.6 Å². The van der Waals surface area contributed by atoms with E-state index in [4.69, 9.17) is 5.73 Å². The largest absolute Gasteiger partial charge is 0.399 e. The van der Waals surface area contributed by atoms with Gasteiger partial charge in [-0.25, -0.2) is 12.8 Å². The van der Waals surface area contributed by atoms with Crippen LogP contribution in [0.4, 0.5) is 10.1 Å². The molecule has 0 spiro atoms. The first kappa shape index (κ1) is 12.5. The number of nitrogens with zero attached hydrogens (tertiary/aromatic N) is 1. The van der Waals surface area contributed by atoms with Crippen molar-refractivity contribution >= 4 is 15.5 Å². The van der Waals surface area contributed by atoms with E-state index >= 15 is 0 Å². The molecule has 1 heterocycles. The van der Waals surface area contributed by atoms with Crippen LogP contribution in [-0.4, -0.2) is 13.4 Å². The third-order valence-electron chi connectivity index (χ3n) is 2.33. The molecule has 0 saturated carbocycles. The zero-order valence-corrected chi connectivity index (χ0v) is 10.2. The highest BCUT2D eigenvalue weighted by atomic mass is 32.2. The summed E-state index contributed by atoms with van der Waals surface area (Å²) in [6, 6.07) is 6.57. The molecule has 0 unspecified atom stereocenters. The molecule has 2 N–H and O–H groups in total. The molecule has 0 amide bonds. The summed E-state index contributed by atoms with van der Waals surface area (Å²) in [5.74, 6) is -0.899. The van der Waals surface area contributed by atoms with Gasteiger partial charge < -0.3 is 5.73 Å². The second-order valence-corrected chi connectivity index (χ2v) is 5.83. The monoisotopic (exact) mass is 266 g/mol. The van der Waals surface area contributed by atoms with E-state index in [0.717, 1.165) is 12.1 Å². The Hall–Kier alpha value is -1.95. The van der Waals surface area contributed by atoms with Crippen molar-refractivity contribution in [3.8, 4) is 0 Å². The molecule has 0 aliphatic heterocycles. The lowest BCUT2D eigenvalue weighted by atomic mass is 10.3. The van der Waals surface area contributed by atoms with Crippen molar-refractivity contribution in [2.24, 2.45) is 0 Å². The van der Waals surface area contributed by atoms with E-state index in [9.17, 15) is 12.8 Å². The van der Waals surface area contributed by atoms with Crippen LogP contribution in [0.15, 0.2) is 47.6 Å². The Labute approximate surface area is 104 Å². The molecule has 0 atom stereocenters. The lowest BCUT2D eigenvalue weighted by molar-refractivity contribution is 0.590. The van der Waals surface area contributed by atoms with Crippen LogP contribution >= 0.6 is 0 Å². The average Bonchev–Trinajstić information content (AvgIpc) is 2.28. The zero-order valence-electron chi connectivity index (χ0n) is 9.38. The van der Waals surface area contributed by atoms with E-state index in [-0.39, 0.29) is 16.3 Å². The Bertz CT molecular complexity index is 637. The second kappa shape index (κ2) is 4.73. The topological polar surface area (TPSA) is 73.1 Å². The molecule has 2 rings (SSSR count). The summed E-state index contributed by atoms with van der Waals surface area (Å²) >= 11 is 0. The fourth-order valence-corrected chi connectivity index (χ4v) is 2.93. The maximum Gasteiger partial charge on any atom is 0.182 e. The molecule has 2 aromatic rings. The summed E-state index contributed by atoms with van der Waals surface area (Å²) in [6.07, 6.45) is 3.01. The van der Waals surface area contributed by atoms with Crippen molar-refractivity contribution in [2.75, 3.05) is 5.73 Å². The molecule has 1 aromatic carbocycles. The van der Waals surface area contributed by atoms with Crippen molar-refractivity contribution in [3.63, 3.8) is 0 Å². The molecule has 94 valence electrons. The Balaban J connectivity index is 2.37. The quantitative estimate of drug-likeness (QED) is 0.859. The first-order chi connectivity index (χ1) is 8.47. The normalized spacial score (nSPS) is 11.4. The van der Waals surface area contributed by atoms with E-state index in [0.29, 0.717) is 5.56 Å². The van der Waals surface area contributed by atoms with E-state index in [1.54, 1.807) is 18.3 Å². The van der Waals surface area contributed by atoms with Crippen LogP contribution < -0.4 is 5.73 Å². The van der Waals surface area contributed by atoms with Crippen molar-refractivity contribution in [1.82, 2.24) is 4.98 Å². The van der Waals surface area contributed by atoms with Gasteiger partial charge in [0.1, 0.15) is 5.82 Å². The summed E-state index contributed by atoms with van der Waals surface area (Å²) in [4.78, 5) is 3.71. The molecule has 0 bridgehead atoms. The van der Waals surface area contributed by atoms with Crippen molar-refractivity contribution < 1.29 is 12.8 Å². The lowest BCUT2D eigenvalue weighted by Crippen LogP contribution is -2.06. The van der Waals surface area contributed by atoms with Crippen LogP contribution in [0.2, 0.25) is 0 Å². The minimum atomic E-state index is -3.62. The van der Waals surface area contributed by atoms with Crippen molar-refractivity contribution in [1.29, 1.82) is 0 Å². The standard InChI is InChI=1S/C12H11FN2O2S/c13-10-4-11(14)6-12(5-10)18(16,17)8-9-2-1-3-15-7-9/h1-7H,8,14H2. The van der Waals surface area contributed by atoms with Gasteiger partial charge in [0, 0.05) is 18.1 Å². The van der Waals surface area contributed by atoms with E-state index < -0.39 is 15.7 Å². The van der Waals surface area contributed by atoms with Gasteiger partial charge in [0.25, 0.3) is 0 Å². The maximum absolute atomic E-state index is 13.1. The van der Waals surface area contributed by atoms with E-state index in [1.807, 2.05) is 0 Å². The minimum absolute atomic E-state index is 0.0831. The van der Waals surface area contributed by atoms with Crippen LogP contribution in [0, 0.1) is 5.82 Å². The average molecular weight is 266 g/mol. The Morgan fingerprint density at radius 3 is 2.67 bits per heavy atom. The summed E-state index contributed by atoms with van der Waals surface area (Å²) in [5.41, 5.74) is 6.06.